The molecule has 1 unspecified atom stereocenters. The molecule has 0 aromatic heterocycles. The Bertz CT molecular complexity index is 797. The maximum atomic E-state index is 6.37. The van der Waals surface area contributed by atoms with Crippen molar-refractivity contribution in [3.05, 3.63) is 58.1 Å². The zero-order valence-electron chi connectivity index (χ0n) is 15.1. The highest BCUT2D eigenvalue weighted by molar-refractivity contribution is 7.80. The first kappa shape index (κ1) is 20.2. The molecule has 0 radical (unpaired) electrons. The van der Waals surface area contributed by atoms with Crippen LogP contribution in [0, 0.1) is 0 Å². The van der Waals surface area contributed by atoms with E-state index in [0.29, 0.717) is 28.2 Å². The van der Waals surface area contributed by atoms with E-state index in [-0.39, 0.29) is 6.10 Å². The third-order valence-electron chi connectivity index (χ3n) is 4.43. The van der Waals surface area contributed by atoms with E-state index in [2.05, 4.69) is 10.2 Å². The Labute approximate surface area is 175 Å². The van der Waals surface area contributed by atoms with Gasteiger partial charge in [-0.1, -0.05) is 35.3 Å². The highest BCUT2D eigenvalue weighted by Gasteiger charge is 2.22. The third-order valence-corrected chi connectivity index (χ3v) is 5.38. The summed E-state index contributed by atoms with van der Waals surface area (Å²) in [6.45, 7) is 2.08. The smallest absolute Gasteiger partial charge is 0.173 e. The van der Waals surface area contributed by atoms with E-state index in [9.17, 15) is 0 Å². The topological polar surface area (TPSA) is 33.7 Å². The molecule has 144 valence electrons. The molecule has 1 heterocycles. The summed E-state index contributed by atoms with van der Waals surface area (Å²) in [6, 6.07) is 13.2. The summed E-state index contributed by atoms with van der Waals surface area (Å²) in [5, 5.41) is 5.16. The van der Waals surface area contributed by atoms with Crippen molar-refractivity contribution in [3.8, 4) is 5.75 Å². The second kappa shape index (κ2) is 9.60. The van der Waals surface area contributed by atoms with E-state index in [1.807, 2.05) is 36.4 Å². The molecule has 27 heavy (non-hydrogen) atoms. The summed E-state index contributed by atoms with van der Waals surface area (Å²) < 4.78 is 11.1. The first-order valence-corrected chi connectivity index (χ1v) is 9.97. The maximum absolute atomic E-state index is 6.37. The van der Waals surface area contributed by atoms with Gasteiger partial charge in [-0.3, -0.25) is 0 Å². The first-order chi connectivity index (χ1) is 13.0. The molecule has 0 amide bonds. The van der Waals surface area contributed by atoms with Crippen molar-refractivity contribution in [2.24, 2.45) is 0 Å². The Hall–Kier alpha value is -1.53. The van der Waals surface area contributed by atoms with Gasteiger partial charge >= 0.3 is 0 Å². The molecule has 2 aromatic carbocycles. The standard InChI is InChI=1S/C20H22Cl2N2O2S/c1-25-17-5-2-4-16(11-17)23-20(27)24(13-18-6-3-9-26-18)12-14-7-8-15(21)10-19(14)22/h2,4-5,7-8,10-11,18H,3,6,9,12-13H2,1H3,(H,23,27). The molecule has 0 bridgehead atoms. The Morgan fingerprint density at radius 1 is 1.30 bits per heavy atom. The number of ether oxygens (including phenoxy) is 2. The maximum Gasteiger partial charge on any atom is 0.173 e. The second-order valence-electron chi connectivity index (χ2n) is 6.41. The molecule has 3 rings (SSSR count). The number of methoxy groups -OCH3 is 1. The molecule has 1 aliphatic rings. The Morgan fingerprint density at radius 2 is 2.15 bits per heavy atom. The van der Waals surface area contributed by atoms with Crippen molar-refractivity contribution >= 4 is 46.2 Å². The van der Waals surface area contributed by atoms with E-state index < -0.39 is 0 Å². The fraction of sp³-hybridized carbons (Fsp3) is 0.350. The van der Waals surface area contributed by atoms with Crippen LogP contribution >= 0.6 is 35.4 Å². The van der Waals surface area contributed by atoms with Crippen LogP contribution in [0.4, 0.5) is 5.69 Å². The van der Waals surface area contributed by atoms with Gasteiger partial charge in [0.2, 0.25) is 0 Å². The summed E-state index contributed by atoms with van der Waals surface area (Å²) in [5.41, 5.74) is 1.84. The van der Waals surface area contributed by atoms with Crippen molar-refractivity contribution in [2.75, 3.05) is 25.6 Å². The summed E-state index contributed by atoms with van der Waals surface area (Å²) in [6.07, 6.45) is 2.28. The molecule has 1 N–H and O–H groups in total. The number of halogens is 2. The molecule has 1 saturated heterocycles. The average Bonchev–Trinajstić information content (AvgIpc) is 3.16. The van der Waals surface area contributed by atoms with Gasteiger partial charge < -0.3 is 19.7 Å². The number of hydrogen-bond acceptors (Lipinski definition) is 3. The summed E-state index contributed by atoms with van der Waals surface area (Å²) in [4.78, 5) is 2.08. The first-order valence-electron chi connectivity index (χ1n) is 8.80. The zero-order valence-corrected chi connectivity index (χ0v) is 17.4. The van der Waals surface area contributed by atoms with Crippen molar-refractivity contribution < 1.29 is 9.47 Å². The van der Waals surface area contributed by atoms with Gasteiger partial charge in [0.25, 0.3) is 0 Å². The highest BCUT2D eigenvalue weighted by atomic mass is 35.5. The lowest BCUT2D eigenvalue weighted by molar-refractivity contribution is 0.0905. The van der Waals surface area contributed by atoms with Gasteiger partial charge in [-0.15, -0.1) is 0 Å². The Morgan fingerprint density at radius 3 is 2.85 bits per heavy atom. The fourth-order valence-electron chi connectivity index (χ4n) is 3.01. The molecular formula is C20H22Cl2N2O2S. The van der Waals surface area contributed by atoms with Crippen LogP contribution in [0.1, 0.15) is 18.4 Å². The average molecular weight is 425 g/mol. The molecule has 1 fully saturated rings. The fourth-order valence-corrected chi connectivity index (χ4v) is 3.74. The van der Waals surface area contributed by atoms with Crippen LogP contribution in [0.25, 0.3) is 0 Å². The lowest BCUT2D eigenvalue weighted by Crippen LogP contribution is -2.39. The van der Waals surface area contributed by atoms with Crippen LogP contribution in [0.5, 0.6) is 5.75 Å². The number of thiocarbonyl (C=S) groups is 1. The predicted octanol–water partition coefficient (Wildman–Crippen LogP) is 5.38. The second-order valence-corrected chi connectivity index (χ2v) is 7.64. The normalized spacial score (nSPS) is 16.2. The van der Waals surface area contributed by atoms with Crippen molar-refractivity contribution in [1.82, 2.24) is 4.90 Å². The Balaban J connectivity index is 1.76. The van der Waals surface area contributed by atoms with Crippen LogP contribution in [0.15, 0.2) is 42.5 Å². The van der Waals surface area contributed by atoms with Gasteiger partial charge in [0.05, 0.1) is 13.2 Å². The number of nitrogens with one attached hydrogen (secondary N) is 1. The van der Waals surface area contributed by atoms with Crippen molar-refractivity contribution in [2.45, 2.75) is 25.5 Å². The summed E-state index contributed by atoms with van der Waals surface area (Å²) >= 11 is 18.1. The van der Waals surface area contributed by atoms with E-state index in [1.165, 1.54) is 0 Å². The van der Waals surface area contributed by atoms with Gasteiger partial charge in [0.1, 0.15) is 5.75 Å². The minimum Gasteiger partial charge on any atom is -0.497 e. The van der Waals surface area contributed by atoms with E-state index >= 15 is 0 Å². The van der Waals surface area contributed by atoms with Crippen molar-refractivity contribution in [3.63, 3.8) is 0 Å². The molecule has 2 aromatic rings. The molecule has 0 aliphatic carbocycles. The van der Waals surface area contributed by atoms with Gasteiger partial charge in [0.15, 0.2) is 5.11 Å². The predicted molar refractivity (Wildman–Crippen MR) is 115 cm³/mol. The van der Waals surface area contributed by atoms with E-state index in [0.717, 1.165) is 36.4 Å². The van der Waals surface area contributed by atoms with Crippen LogP contribution in [0.2, 0.25) is 10.0 Å². The summed E-state index contributed by atoms with van der Waals surface area (Å²) in [7, 11) is 1.64. The van der Waals surface area contributed by atoms with Crippen LogP contribution in [-0.2, 0) is 11.3 Å². The van der Waals surface area contributed by atoms with Gasteiger partial charge in [-0.25, -0.2) is 0 Å². The van der Waals surface area contributed by atoms with Crippen LogP contribution in [-0.4, -0.2) is 36.4 Å². The zero-order chi connectivity index (χ0) is 19.2. The van der Waals surface area contributed by atoms with Gasteiger partial charge in [-0.2, -0.15) is 0 Å². The number of rotatable bonds is 6. The largest absolute Gasteiger partial charge is 0.497 e. The molecule has 1 atom stereocenters. The molecule has 4 nitrogen and oxygen atoms in total. The third kappa shape index (κ3) is 5.72. The molecule has 7 heteroatoms. The van der Waals surface area contributed by atoms with Gasteiger partial charge in [-0.05, 0) is 54.9 Å². The van der Waals surface area contributed by atoms with Crippen LogP contribution in [0.3, 0.4) is 0 Å². The van der Waals surface area contributed by atoms with E-state index in [1.54, 1.807) is 13.2 Å². The SMILES string of the molecule is COc1cccc(NC(=S)N(Cc2ccc(Cl)cc2Cl)CC2CCCO2)c1. The molecular weight excluding hydrogens is 403 g/mol. The van der Waals surface area contributed by atoms with Gasteiger partial charge in [0, 0.05) is 41.5 Å². The summed E-state index contributed by atoms with van der Waals surface area (Å²) in [5.74, 6) is 0.772. The van der Waals surface area contributed by atoms with Crippen molar-refractivity contribution in [1.29, 1.82) is 0 Å². The number of anilines is 1. The highest BCUT2D eigenvalue weighted by Crippen LogP contribution is 2.24. The van der Waals surface area contributed by atoms with E-state index in [4.69, 9.17) is 44.9 Å². The number of hydrogen-bond donors (Lipinski definition) is 1. The number of benzene rings is 2. The lowest BCUT2D eigenvalue weighted by atomic mass is 10.2. The quantitative estimate of drug-likeness (QED) is 0.629. The number of nitrogens with zero attached hydrogens (tertiary/aromatic N) is 1. The molecule has 0 spiro atoms. The molecule has 1 aliphatic heterocycles. The Kier molecular flexibility index (Phi) is 7.19. The minimum atomic E-state index is 0.168. The minimum absolute atomic E-state index is 0.168. The van der Waals surface area contributed by atoms with Crippen LogP contribution < -0.4 is 10.1 Å². The molecule has 0 saturated carbocycles. The lowest BCUT2D eigenvalue weighted by Gasteiger charge is -2.29. The monoisotopic (exact) mass is 424 g/mol.